The van der Waals surface area contributed by atoms with Crippen LogP contribution in [0.3, 0.4) is 0 Å². The van der Waals surface area contributed by atoms with Crippen molar-refractivity contribution < 1.29 is 9.90 Å². The molecule has 0 aliphatic carbocycles. The van der Waals surface area contributed by atoms with Gasteiger partial charge in [0, 0.05) is 35.1 Å². The minimum absolute atomic E-state index is 0.0270. The summed E-state index contributed by atoms with van der Waals surface area (Å²) in [4.78, 5) is 13.5. The summed E-state index contributed by atoms with van der Waals surface area (Å²) in [5, 5.41) is 12.1. The van der Waals surface area contributed by atoms with E-state index in [4.69, 9.17) is 0 Å². The lowest BCUT2D eigenvalue weighted by molar-refractivity contribution is 0.104. The molecule has 0 fully saturated rings. The van der Waals surface area contributed by atoms with Gasteiger partial charge in [-0.2, -0.15) is 0 Å². The Morgan fingerprint density at radius 2 is 1.77 bits per heavy atom. The average Bonchev–Trinajstić information content (AvgIpc) is 3.16. The Morgan fingerprint density at radius 3 is 2.57 bits per heavy atom. The normalized spacial score (nSPS) is 11.1. The van der Waals surface area contributed by atoms with Crippen LogP contribution in [0.5, 0.6) is 5.75 Å². The summed E-state index contributed by atoms with van der Waals surface area (Å²) in [6.45, 7) is 5.00. The van der Waals surface area contributed by atoms with Gasteiger partial charge in [-0.25, -0.2) is 0 Å². The molecule has 0 saturated carbocycles. The number of fused-ring (bicyclic) bond motifs is 1. The first-order valence-electron chi connectivity index (χ1n) is 10.6. The number of aromatic hydroxyl groups is 1. The van der Waals surface area contributed by atoms with E-state index in [0.717, 1.165) is 59.0 Å². The number of aromatic nitrogens is 1. The maximum atomic E-state index is 13.5. The van der Waals surface area contributed by atoms with Crippen LogP contribution in [0.15, 0.2) is 72.9 Å². The Hall–Kier alpha value is -3.33. The van der Waals surface area contributed by atoms with Gasteiger partial charge < -0.3 is 9.67 Å². The summed E-state index contributed by atoms with van der Waals surface area (Å²) in [5.74, 6) is 0.271. The van der Waals surface area contributed by atoms with Gasteiger partial charge in [0.15, 0.2) is 5.78 Å². The van der Waals surface area contributed by atoms with Crippen molar-refractivity contribution in [1.29, 1.82) is 0 Å². The summed E-state index contributed by atoms with van der Waals surface area (Å²) in [7, 11) is 0. The number of phenolic OH excluding ortho intramolecular Hbond substituents is 1. The maximum Gasteiger partial charge on any atom is 0.195 e. The molecule has 4 aromatic rings. The molecular weight excluding hydrogens is 370 g/mol. The van der Waals surface area contributed by atoms with Crippen molar-refractivity contribution in [3.63, 3.8) is 0 Å². The largest absolute Gasteiger partial charge is 0.508 e. The zero-order valence-electron chi connectivity index (χ0n) is 17.6. The van der Waals surface area contributed by atoms with Crippen molar-refractivity contribution in [3.8, 4) is 17.0 Å². The molecule has 1 N–H and O–H groups in total. The fourth-order valence-corrected chi connectivity index (χ4v) is 4.09. The van der Waals surface area contributed by atoms with E-state index < -0.39 is 0 Å². The van der Waals surface area contributed by atoms with Gasteiger partial charge in [-0.15, -0.1) is 0 Å². The Labute approximate surface area is 177 Å². The van der Waals surface area contributed by atoms with Gasteiger partial charge in [0.05, 0.1) is 0 Å². The number of aryl methyl sites for hydroxylation is 2. The van der Waals surface area contributed by atoms with Crippen LogP contribution < -0.4 is 0 Å². The van der Waals surface area contributed by atoms with Gasteiger partial charge in [-0.05, 0) is 53.9 Å². The molecule has 1 aromatic heterocycles. The van der Waals surface area contributed by atoms with Crippen LogP contribution >= 0.6 is 0 Å². The van der Waals surface area contributed by atoms with E-state index >= 15 is 0 Å². The van der Waals surface area contributed by atoms with Crippen LogP contribution in [-0.2, 0) is 6.54 Å². The number of carbonyl (C=O) groups excluding carboxylic acids is 1. The first-order valence-corrected chi connectivity index (χ1v) is 10.6. The smallest absolute Gasteiger partial charge is 0.195 e. The highest BCUT2D eigenvalue weighted by Gasteiger charge is 2.17. The molecule has 4 rings (SSSR count). The molecule has 0 atom stereocenters. The molecule has 0 radical (unpaired) electrons. The fourth-order valence-electron chi connectivity index (χ4n) is 4.09. The minimum Gasteiger partial charge on any atom is -0.508 e. The van der Waals surface area contributed by atoms with Crippen molar-refractivity contribution >= 4 is 16.6 Å². The molecule has 1 heterocycles. The van der Waals surface area contributed by atoms with Gasteiger partial charge in [-0.3, -0.25) is 4.79 Å². The summed E-state index contributed by atoms with van der Waals surface area (Å²) >= 11 is 0. The molecule has 3 nitrogen and oxygen atoms in total. The number of rotatable bonds is 7. The molecule has 3 aromatic carbocycles. The number of hydrogen-bond acceptors (Lipinski definition) is 2. The predicted octanol–water partition coefficient (Wildman–Crippen LogP) is 6.74. The molecule has 0 bridgehead atoms. The number of unbranched alkanes of at least 4 members (excludes halogenated alkanes) is 2. The monoisotopic (exact) mass is 397 g/mol. The van der Waals surface area contributed by atoms with E-state index in [2.05, 4.69) is 17.6 Å². The van der Waals surface area contributed by atoms with E-state index in [9.17, 15) is 9.90 Å². The maximum absolute atomic E-state index is 13.5. The van der Waals surface area contributed by atoms with Crippen molar-refractivity contribution in [1.82, 2.24) is 4.57 Å². The molecule has 0 unspecified atom stereocenters. The first kappa shape index (κ1) is 20.0. The summed E-state index contributed by atoms with van der Waals surface area (Å²) in [5.41, 5.74) is 4.29. The van der Waals surface area contributed by atoms with E-state index in [1.165, 1.54) is 0 Å². The number of benzene rings is 3. The highest BCUT2D eigenvalue weighted by molar-refractivity contribution is 6.16. The standard InChI is InChI=1S/C27H27NO2/c1-3-4-7-13-28-18-22(17-26(28)21-14-19(2)15-23(29)16-21)27(30)25-12-8-10-20-9-5-6-11-24(20)25/h5-6,8-12,14-18,29H,3-4,7,13H2,1-2H3. The molecule has 0 aliphatic heterocycles. The van der Waals surface area contributed by atoms with Crippen LogP contribution in [0.4, 0.5) is 0 Å². The van der Waals surface area contributed by atoms with Gasteiger partial charge >= 0.3 is 0 Å². The lowest BCUT2D eigenvalue weighted by atomic mass is 9.98. The van der Waals surface area contributed by atoms with Crippen molar-refractivity contribution in [2.45, 2.75) is 39.7 Å². The molecule has 0 saturated heterocycles. The topological polar surface area (TPSA) is 42.2 Å². The zero-order chi connectivity index (χ0) is 21.1. The highest BCUT2D eigenvalue weighted by atomic mass is 16.3. The third-order valence-electron chi connectivity index (χ3n) is 5.55. The number of carbonyl (C=O) groups is 1. The summed E-state index contributed by atoms with van der Waals surface area (Å²) in [6.07, 6.45) is 5.30. The van der Waals surface area contributed by atoms with Crippen LogP contribution in [0, 0.1) is 6.92 Å². The lowest BCUT2D eigenvalue weighted by Crippen LogP contribution is -2.02. The second-order valence-electron chi connectivity index (χ2n) is 7.93. The van der Waals surface area contributed by atoms with Crippen LogP contribution in [-0.4, -0.2) is 15.5 Å². The Bertz CT molecular complexity index is 1180. The predicted molar refractivity (Wildman–Crippen MR) is 123 cm³/mol. The number of hydrogen-bond donors (Lipinski definition) is 1. The van der Waals surface area contributed by atoms with Crippen LogP contribution in [0.25, 0.3) is 22.0 Å². The van der Waals surface area contributed by atoms with E-state index in [-0.39, 0.29) is 11.5 Å². The van der Waals surface area contributed by atoms with Gasteiger partial charge in [0.1, 0.15) is 5.75 Å². The number of ketones is 1. The van der Waals surface area contributed by atoms with Crippen LogP contribution in [0.2, 0.25) is 0 Å². The molecular formula is C27H27NO2. The third kappa shape index (κ3) is 4.02. The molecule has 3 heteroatoms. The summed E-state index contributed by atoms with van der Waals surface area (Å²) in [6, 6.07) is 21.4. The molecule has 0 amide bonds. The fraction of sp³-hybridized carbons (Fsp3) is 0.222. The SMILES string of the molecule is CCCCCn1cc(C(=O)c2cccc3ccccc23)cc1-c1cc(C)cc(O)c1. The highest BCUT2D eigenvalue weighted by Crippen LogP contribution is 2.30. The molecule has 152 valence electrons. The van der Waals surface area contributed by atoms with Gasteiger partial charge in [0.2, 0.25) is 0 Å². The molecule has 0 aliphatic rings. The van der Waals surface area contributed by atoms with Gasteiger partial charge in [-0.1, -0.05) is 62.2 Å². The summed E-state index contributed by atoms with van der Waals surface area (Å²) < 4.78 is 2.15. The van der Waals surface area contributed by atoms with Crippen molar-refractivity contribution in [2.24, 2.45) is 0 Å². The minimum atomic E-state index is 0.0270. The van der Waals surface area contributed by atoms with Crippen molar-refractivity contribution in [2.75, 3.05) is 0 Å². The van der Waals surface area contributed by atoms with Crippen molar-refractivity contribution in [3.05, 3.63) is 89.6 Å². The Balaban J connectivity index is 1.79. The first-order chi connectivity index (χ1) is 14.6. The molecule has 0 spiro atoms. The van der Waals surface area contributed by atoms with Gasteiger partial charge in [0.25, 0.3) is 0 Å². The quantitative estimate of drug-likeness (QED) is 0.277. The lowest BCUT2D eigenvalue weighted by Gasteiger charge is -2.10. The van der Waals surface area contributed by atoms with E-state index in [1.54, 1.807) is 12.1 Å². The third-order valence-corrected chi connectivity index (χ3v) is 5.55. The zero-order valence-corrected chi connectivity index (χ0v) is 17.6. The van der Waals surface area contributed by atoms with Crippen LogP contribution in [0.1, 0.15) is 47.7 Å². The number of nitrogens with zero attached hydrogens (tertiary/aromatic N) is 1. The molecule has 30 heavy (non-hydrogen) atoms. The number of phenols is 1. The average molecular weight is 398 g/mol. The van der Waals surface area contributed by atoms with E-state index in [0.29, 0.717) is 5.56 Å². The van der Waals surface area contributed by atoms with E-state index in [1.807, 2.05) is 61.7 Å². The second kappa shape index (κ2) is 8.58. The second-order valence-corrected chi connectivity index (χ2v) is 7.93. The Morgan fingerprint density at radius 1 is 0.967 bits per heavy atom. The Kier molecular flexibility index (Phi) is 5.71.